The van der Waals surface area contributed by atoms with Crippen molar-refractivity contribution in [2.24, 2.45) is 0 Å². The number of aromatic nitrogens is 1. The van der Waals surface area contributed by atoms with Crippen molar-refractivity contribution in [2.75, 3.05) is 11.1 Å². The number of hydrogen-bond donors (Lipinski definition) is 2. The first-order valence-corrected chi connectivity index (χ1v) is 7.10. The number of carbonyl (C=O) groups is 1. The molecule has 0 aliphatic rings. The fourth-order valence-corrected chi connectivity index (χ4v) is 2.25. The second kappa shape index (κ2) is 6.14. The zero-order valence-electron chi connectivity index (χ0n) is 12.3. The van der Waals surface area contributed by atoms with Crippen molar-refractivity contribution in [1.82, 2.24) is 4.98 Å². The first kappa shape index (κ1) is 15.3. The Hall–Kier alpha value is -2.07. The molecule has 3 N–H and O–H groups in total. The van der Waals surface area contributed by atoms with Gasteiger partial charge in [-0.15, -0.1) is 0 Å². The average Bonchev–Trinajstić information content (AvgIpc) is 2.42. The molecule has 2 aromatic rings. The van der Waals surface area contributed by atoms with Crippen LogP contribution in [0, 0.1) is 6.92 Å². The van der Waals surface area contributed by atoms with Gasteiger partial charge in [-0.3, -0.25) is 4.79 Å². The maximum atomic E-state index is 12.4. The van der Waals surface area contributed by atoms with Crippen LogP contribution >= 0.6 is 11.6 Å². The lowest BCUT2D eigenvalue weighted by Gasteiger charge is -2.12. The summed E-state index contributed by atoms with van der Waals surface area (Å²) in [7, 11) is 0. The molecule has 0 bridgehead atoms. The van der Waals surface area contributed by atoms with E-state index in [-0.39, 0.29) is 11.8 Å². The summed E-state index contributed by atoms with van der Waals surface area (Å²) in [6.07, 6.45) is 0. The number of benzene rings is 1. The third-order valence-corrected chi connectivity index (χ3v) is 3.49. The topological polar surface area (TPSA) is 68.0 Å². The molecule has 1 amide bonds. The van der Waals surface area contributed by atoms with Gasteiger partial charge in [0.25, 0.3) is 5.91 Å². The average molecular weight is 304 g/mol. The summed E-state index contributed by atoms with van der Waals surface area (Å²) in [6.45, 7) is 5.89. The molecule has 0 saturated heterocycles. The Morgan fingerprint density at radius 1 is 1.33 bits per heavy atom. The van der Waals surface area contributed by atoms with Gasteiger partial charge in [0.2, 0.25) is 0 Å². The Kier molecular flexibility index (Phi) is 4.48. The molecule has 0 atom stereocenters. The third kappa shape index (κ3) is 3.52. The lowest BCUT2D eigenvalue weighted by Crippen LogP contribution is -2.15. The molecule has 0 unspecified atom stereocenters. The van der Waals surface area contributed by atoms with E-state index in [9.17, 15) is 4.79 Å². The van der Waals surface area contributed by atoms with Gasteiger partial charge in [0, 0.05) is 11.3 Å². The van der Waals surface area contributed by atoms with E-state index in [0.717, 1.165) is 11.3 Å². The summed E-state index contributed by atoms with van der Waals surface area (Å²) in [5, 5.41) is 3.34. The molecular weight excluding hydrogens is 286 g/mol. The molecule has 0 radical (unpaired) electrons. The van der Waals surface area contributed by atoms with E-state index in [2.05, 4.69) is 10.3 Å². The molecular formula is C16H18ClN3O. The molecule has 0 fully saturated rings. The number of hydrogen-bond acceptors (Lipinski definition) is 3. The van der Waals surface area contributed by atoms with Crippen LogP contribution in [0.25, 0.3) is 0 Å². The number of pyridine rings is 1. The smallest absolute Gasteiger partial charge is 0.255 e. The van der Waals surface area contributed by atoms with E-state index in [0.29, 0.717) is 22.1 Å². The molecule has 21 heavy (non-hydrogen) atoms. The zero-order chi connectivity index (χ0) is 15.6. The molecule has 2 rings (SSSR count). The van der Waals surface area contributed by atoms with E-state index in [4.69, 9.17) is 17.3 Å². The van der Waals surface area contributed by atoms with Crippen molar-refractivity contribution in [3.63, 3.8) is 0 Å². The van der Waals surface area contributed by atoms with Gasteiger partial charge in [0.05, 0.1) is 10.7 Å². The van der Waals surface area contributed by atoms with Gasteiger partial charge < -0.3 is 11.1 Å². The molecule has 1 aromatic carbocycles. The number of amides is 1. The van der Waals surface area contributed by atoms with E-state index in [1.165, 1.54) is 0 Å². The quantitative estimate of drug-likeness (QED) is 0.900. The van der Waals surface area contributed by atoms with Crippen molar-refractivity contribution in [2.45, 2.75) is 26.7 Å². The van der Waals surface area contributed by atoms with E-state index in [1.807, 2.05) is 32.9 Å². The van der Waals surface area contributed by atoms with Gasteiger partial charge >= 0.3 is 0 Å². The number of rotatable bonds is 3. The van der Waals surface area contributed by atoms with Crippen LogP contribution < -0.4 is 11.1 Å². The van der Waals surface area contributed by atoms with Gasteiger partial charge in [0.1, 0.15) is 5.82 Å². The minimum absolute atomic E-state index is 0.196. The van der Waals surface area contributed by atoms with Crippen LogP contribution in [0.1, 0.15) is 41.4 Å². The molecule has 1 heterocycles. The second-order valence-electron chi connectivity index (χ2n) is 5.25. The van der Waals surface area contributed by atoms with Crippen molar-refractivity contribution < 1.29 is 4.79 Å². The maximum absolute atomic E-state index is 12.4. The van der Waals surface area contributed by atoms with Gasteiger partial charge in [0.15, 0.2) is 0 Å². The highest BCUT2D eigenvalue weighted by molar-refractivity contribution is 6.34. The summed E-state index contributed by atoms with van der Waals surface area (Å²) in [5.74, 6) is 0.284. The molecule has 0 aliphatic carbocycles. The molecule has 4 nitrogen and oxygen atoms in total. The monoisotopic (exact) mass is 303 g/mol. The van der Waals surface area contributed by atoms with Gasteiger partial charge in [-0.25, -0.2) is 4.98 Å². The lowest BCUT2D eigenvalue weighted by molar-refractivity contribution is 0.102. The highest BCUT2D eigenvalue weighted by Crippen LogP contribution is 2.26. The van der Waals surface area contributed by atoms with Crippen LogP contribution in [0.15, 0.2) is 30.3 Å². The summed E-state index contributed by atoms with van der Waals surface area (Å²) in [6, 6.07) is 8.79. The number of nitrogen functional groups attached to an aromatic ring is 1. The second-order valence-corrected chi connectivity index (χ2v) is 5.65. The van der Waals surface area contributed by atoms with Crippen molar-refractivity contribution in [3.8, 4) is 0 Å². The van der Waals surface area contributed by atoms with Gasteiger partial charge in [-0.2, -0.15) is 0 Å². The Labute approximate surface area is 129 Å². The maximum Gasteiger partial charge on any atom is 0.255 e. The number of halogens is 1. The molecule has 0 saturated carbocycles. The number of para-hydroxylation sites is 1. The highest BCUT2D eigenvalue weighted by Gasteiger charge is 2.13. The highest BCUT2D eigenvalue weighted by atomic mass is 35.5. The normalized spacial score (nSPS) is 10.7. The van der Waals surface area contributed by atoms with Crippen LogP contribution in [-0.2, 0) is 0 Å². The summed E-state index contributed by atoms with van der Waals surface area (Å²) >= 11 is 6.12. The number of nitrogens with two attached hydrogens (primary N) is 1. The number of aryl methyl sites for hydroxylation is 1. The zero-order valence-corrected chi connectivity index (χ0v) is 13.0. The van der Waals surface area contributed by atoms with Crippen molar-refractivity contribution >= 4 is 29.0 Å². The largest absolute Gasteiger partial charge is 0.384 e. The van der Waals surface area contributed by atoms with E-state index >= 15 is 0 Å². The molecule has 5 heteroatoms. The van der Waals surface area contributed by atoms with Crippen LogP contribution in [0.3, 0.4) is 0 Å². The minimum Gasteiger partial charge on any atom is -0.384 e. The van der Waals surface area contributed by atoms with Gasteiger partial charge in [-0.05, 0) is 36.6 Å². The van der Waals surface area contributed by atoms with Crippen LogP contribution in [0.5, 0.6) is 0 Å². The summed E-state index contributed by atoms with van der Waals surface area (Å²) in [4.78, 5) is 16.6. The van der Waals surface area contributed by atoms with Crippen LogP contribution in [0.4, 0.5) is 11.5 Å². The first-order chi connectivity index (χ1) is 9.88. The van der Waals surface area contributed by atoms with E-state index in [1.54, 1.807) is 18.2 Å². The summed E-state index contributed by atoms with van der Waals surface area (Å²) in [5.41, 5.74) is 8.56. The predicted molar refractivity (Wildman–Crippen MR) is 86.9 cm³/mol. The Balaban J connectivity index is 2.33. The van der Waals surface area contributed by atoms with Gasteiger partial charge in [-0.1, -0.05) is 37.6 Å². The molecule has 1 aromatic heterocycles. The SMILES string of the molecule is Cc1cccc(Cl)c1NC(=O)c1cc(N)nc(C(C)C)c1. The number of anilines is 2. The summed E-state index contributed by atoms with van der Waals surface area (Å²) < 4.78 is 0. The van der Waals surface area contributed by atoms with Crippen LogP contribution in [-0.4, -0.2) is 10.9 Å². The number of nitrogens with one attached hydrogen (secondary N) is 1. The first-order valence-electron chi connectivity index (χ1n) is 6.72. The Morgan fingerprint density at radius 2 is 2.05 bits per heavy atom. The Morgan fingerprint density at radius 3 is 2.67 bits per heavy atom. The molecule has 0 aliphatic heterocycles. The Bertz CT molecular complexity index is 663. The molecule has 110 valence electrons. The van der Waals surface area contributed by atoms with Crippen LogP contribution in [0.2, 0.25) is 5.02 Å². The standard InChI is InChI=1S/C16H18ClN3O/c1-9(2)13-7-11(8-14(18)19-13)16(21)20-15-10(3)5-4-6-12(15)17/h4-9H,1-3H3,(H2,18,19)(H,20,21). The van der Waals surface area contributed by atoms with Crippen molar-refractivity contribution in [1.29, 1.82) is 0 Å². The number of carbonyl (C=O) groups excluding carboxylic acids is 1. The molecule has 0 spiro atoms. The third-order valence-electron chi connectivity index (χ3n) is 3.18. The predicted octanol–water partition coefficient (Wildman–Crippen LogP) is 4.00. The van der Waals surface area contributed by atoms with E-state index < -0.39 is 0 Å². The fourth-order valence-electron chi connectivity index (χ4n) is 1.98. The van der Waals surface area contributed by atoms with Crippen molar-refractivity contribution in [3.05, 3.63) is 52.2 Å². The minimum atomic E-state index is -0.248. The lowest BCUT2D eigenvalue weighted by atomic mass is 10.1. The fraction of sp³-hybridized carbons (Fsp3) is 0.250. The number of nitrogens with zero attached hydrogens (tertiary/aromatic N) is 1.